The van der Waals surface area contributed by atoms with E-state index in [1.807, 2.05) is 6.08 Å². The molecule has 1 amide bonds. The summed E-state index contributed by atoms with van der Waals surface area (Å²) >= 11 is 0. The number of carboxylic acid groups (broad SMARTS) is 1. The first-order valence-corrected chi connectivity index (χ1v) is 5.31. The zero-order valence-electron chi connectivity index (χ0n) is 9.20. The van der Waals surface area contributed by atoms with E-state index in [9.17, 15) is 4.79 Å². The molecule has 2 heterocycles. The summed E-state index contributed by atoms with van der Waals surface area (Å²) in [7, 11) is 0. The first-order valence-electron chi connectivity index (χ1n) is 5.31. The highest BCUT2D eigenvalue weighted by atomic mass is 16.4. The number of aromatic nitrogens is 2. The first kappa shape index (κ1) is 11.5. The molecule has 0 saturated heterocycles. The largest absolute Gasteiger partial charge is 0.465 e. The lowest BCUT2D eigenvalue weighted by Gasteiger charge is -2.23. The molecule has 1 aromatic rings. The Bertz CT molecular complexity index is 459. The van der Waals surface area contributed by atoms with Crippen molar-refractivity contribution in [3.63, 3.8) is 0 Å². The van der Waals surface area contributed by atoms with Gasteiger partial charge in [0.05, 0.1) is 12.3 Å². The molecule has 0 unspecified atom stereocenters. The van der Waals surface area contributed by atoms with E-state index in [2.05, 4.69) is 9.97 Å². The van der Waals surface area contributed by atoms with Crippen LogP contribution in [0.15, 0.2) is 18.3 Å². The Labute approximate surface area is 98.2 Å². The van der Waals surface area contributed by atoms with Crippen molar-refractivity contribution in [2.24, 2.45) is 0 Å². The molecule has 17 heavy (non-hydrogen) atoms. The van der Waals surface area contributed by atoms with Gasteiger partial charge in [-0.2, -0.15) is 0 Å². The summed E-state index contributed by atoms with van der Waals surface area (Å²) in [6, 6.07) is 1.65. The topological polar surface area (TPSA) is 86.5 Å². The lowest BCUT2D eigenvalue weighted by molar-refractivity contribution is 0.150. The molecule has 0 radical (unpaired) electrons. The number of amides is 1. The van der Waals surface area contributed by atoms with Gasteiger partial charge in [0, 0.05) is 19.3 Å². The Morgan fingerprint density at radius 3 is 2.94 bits per heavy atom. The van der Waals surface area contributed by atoms with E-state index in [1.165, 1.54) is 4.90 Å². The van der Waals surface area contributed by atoms with Crippen LogP contribution in [0.3, 0.4) is 0 Å². The summed E-state index contributed by atoms with van der Waals surface area (Å²) in [5, 5.41) is 17.8. The molecule has 0 saturated carbocycles. The molecule has 6 heteroatoms. The van der Waals surface area contributed by atoms with Gasteiger partial charge >= 0.3 is 6.09 Å². The van der Waals surface area contributed by atoms with E-state index in [0.717, 1.165) is 5.57 Å². The molecule has 0 fully saturated rings. The van der Waals surface area contributed by atoms with Crippen LogP contribution < -0.4 is 0 Å². The van der Waals surface area contributed by atoms with Crippen molar-refractivity contribution < 1.29 is 15.0 Å². The third kappa shape index (κ3) is 2.59. The summed E-state index contributed by atoms with van der Waals surface area (Å²) in [4.78, 5) is 20.4. The summed E-state index contributed by atoms with van der Waals surface area (Å²) in [5.41, 5.74) is 1.49. The highest BCUT2D eigenvalue weighted by Gasteiger charge is 2.17. The normalized spacial score (nSPS) is 15.6. The summed E-state index contributed by atoms with van der Waals surface area (Å²) in [5.74, 6) is 0.571. The van der Waals surface area contributed by atoms with Crippen LogP contribution in [-0.4, -0.2) is 44.3 Å². The SMILES string of the molecule is O=C(O)N1CC=C(c2nccc(CO)n2)CC1. The van der Waals surface area contributed by atoms with E-state index in [-0.39, 0.29) is 6.61 Å². The predicted octanol–water partition coefficient (Wildman–Crippen LogP) is 0.736. The molecular formula is C11H13N3O3. The van der Waals surface area contributed by atoms with Gasteiger partial charge in [0.2, 0.25) is 0 Å². The van der Waals surface area contributed by atoms with Crippen molar-refractivity contribution in [1.29, 1.82) is 0 Å². The maximum Gasteiger partial charge on any atom is 0.407 e. The second-order valence-electron chi connectivity index (χ2n) is 3.74. The number of hydrogen-bond donors (Lipinski definition) is 2. The van der Waals surface area contributed by atoms with Gasteiger partial charge in [-0.1, -0.05) is 6.08 Å². The highest BCUT2D eigenvalue weighted by Crippen LogP contribution is 2.19. The van der Waals surface area contributed by atoms with E-state index < -0.39 is 6.09 Å². The number of nitrogens with zero attached hydrogens (tertiary/aromatic N) is 3. The van der Waals surface area contributed by atoms with Gasteiger partial charge < -0.3 is 15.1 Å². The third-order valence-electron chi connectivity index (χ3n) is 2.64. The fourth-order valence-corrected chi connectivity index (χ4v) is 1.68. The van der Waals surface area contributed by atoms with Crippen LogP contribution in [0.1, 0.15) is 17.9 Å². The fraction of sp³-hybridized carbons (Fsp3) is 0.364. The minimum absolute atomic E-state index is 0.121. The Balaban J connectivity index is 2.16. The molecule has 2 N–H and O–H groups in total. The Hall–Kier alpha value is -1.95. The molecule has 6 nitrogen and oxygen atoms in total. The molecule has 1 aliphatic rings. The second-order valence-corrected chi connectivity index (χ2v) is 3.74. The molecule has 0 aromatic carbocycles. The minimum Gasteiger partial charge on any atom is -0.465 e. The lowest BCUT2D eigenvalue weighted by Crippen LogP contribution is -2.33. The summed E-state index contributed by atoms with van der Waals surface area (Å²) < 4.78 is 0. The van der Waals surface area contributed by atoms with Crippen molar-refractivity contribution >= 4 is 11.7 Å². The average molecular weight is 235 g/mol. The van der Waals surface area contributed by atoms with E-state index in [0.29, 0.717) is 31.0 Å². The molecule has 0 atom stereocenters. The average Bonchev–Trinajstić information content (AvgIpc) is 2.39. The van der Waals surface area contributed by atoms with E-state index >= 15 is 0 Å². The standard InChI is InChI=1S/C11H13N3O3/c15-7-9-1-4-12-10(13-9)8-2-5-14(6-3-8)11(16)17/h1-2,4,15H,3,5-7H2,(H,16,17). The highest BCUT2D eigenvalue weighted by molar-refractivity contribution is 5.69. The molecule has 0 aliphatic carbocycles. The van der Waals surface area contributed by atoms with Crippen molar-refractivity contribution in [3.05, 3.63) is 29.9 Å². The summed E-state index contributed by atoms with van der Waals surface area (Å²) in [6.07, 6.45) is 3.10. The quantitative estimate of drug-likeness (QED) is 0.789. The molecular weight excluding hydrogens is 222 g/mol. The molecule has 1 aliphatic heterocycles. The van der Waals surface area contributed by atoms with Crippen LogP contribution in [0.4, 0.5) is 4.79 Å². The van der Waals surface area contributed by atoms with Crippen LogP contribution in [0.5, 0.6) is 0 Å². The number of aliphatic hydroxyl groups excluding tert-OH is 1. The fourth-order valence-electron chi connectivity index (χ4n) is 1.68. The predicted molar refractivity (Wildman–Crippen MR) is 60.1 cm³/mol. The Kier molecular flexibility index (Phi) is 3.34. The van der Waals surface area contributed by atoms with Gasteiger partial charge in [0.15, 0.2) is 5.82 Å². The van der Waals surface area contributed by atoms with E-state index in [4.69, 9.17) is 10.2 Å². The zero-order valence-corrected chi connectivity index (χ0v) is 9.20. The van der Waals surface area contributed by atoms with Gasteiger partial charge in [-0.3, -0.25) is 0 Å². The molecule has 0 bridgehead atoms. The van der Waals surface area contributed by atoms with Crippen molar-refractivity contribution in [2.75, 3.05) is 13.1 Å². The maximum atomic E-state index is 10.7. The number of carbonyl (C=O) groups is 1. The van der Waals surface area contributed by atoms with Crippen molar-refractivity contribution in [1.82, 2.24) is 14.9 Å². The number of hydrogen-bond acceptors (Lipinski definition) is 4. The maximum absolute atomic E-state index is 10.7. The lowest BCUT2D eigenvalue weighted by atomic mass is 10.1. The van der Waals surface area contributed by atoms with Gasteiger partial charge in [-0.15, -0.1) is 0 Å². The molecule has 1 aromatic heterocycles. The monoisotopic (exact) mass is 235 g/mol. The molecule has 2 rings (SSSR count). The van der Waals surface area contributed by atoms with Crippen LogP contribution in [0, 0.1) is 0 Å². The smallest absolute Gasteiger partial charge is 0.407 e. The van der Waals surface area contributed by atoms with Crippen LogP contribution in [-0.2, 0) is 6.61 Å². The zero-order chi connectivity index (χ0) is 12.3. The van der Waals surface area contributed by atoms with Gasteiger partial charge in [0.25, 0.3) is 0 Å². The van der Waals surface area contributed by atoms with E-state index in [1.54, 1.807) is 12.3 Å². The van der Waals surface area contributed by atoms with Gasteiger partial charge in [-0.05, 0) is 18.1 Å². The minimum atomic E-state index is -0.912. The molecule has 90 valence electrons. The van der Waals surface area contributed by atoms with Crippen molar-refractivity contribution in [2.45, 2.75) is 13.0 Å². The Morgan fingerprint density at radius 1 is 1.53 bits per heavy atom. The molecule has 0 spiro atoms. The Morgan fingerprint density at radius 2 is 2.35 bits per heavy atom. The van der Waals surface area contributed by atoms with Crippen molar-refractivity contribution in [3.8, 4) is 0 Å². The summed E-state index contributed by atoms with van der Waals surface area (Å²) in [6.45, 7) is 0.690. The van der Waals surface area contributed by atoms with Gasteiger partial charge in [-0.25, -0.2) is 14.8 Å². The number of rotatable bonds is 2. The third-order valence-corrected chi connectivity index (χ3v) is 2.64. The van der Waals surface area contributed by atoms with Crippen LogP contribution >= 0.6 is 0 Å². The van der Waals surface area contributed by atoms with Gasteiger partial charge in [0.1, 0.15) is 0 Å². The first-order chi connectivity index (χ1) is 8.20. The second kappa shape index (κ2) is 4.92. The number of aliphatic hydroxyl groups is 1. The van der Waals surface area contributed by atoms with Crippen LogP contribution in [0.2, 0.25) is 0 Å². The van der Waals surface area contributed by atoms with Crippen LogP contribution in [0.25, 0.3) is 5.57 Å².